The Hall–Kier alpha value is -1.27. The van der Waals surface area contributed by atoms with Crippen LogP contribution in [-0.4, -0.2) is 32.9 Å². The summed E-state index contributed by atoms with van der Waals surface area (Å²) >= 11 is 0. The molecule has 5 nitrogen and oxygen atoms in total. The molecular formula is C15H24N2O3S. The Morgan fingerprint density at radius 1 is 1.19 bits per heavy atom. The summed E-state index contributed by atoms with van der Waals surface area (Å²) in [6.45, 7) is 2.26. The van der Waals surface area contributed by atoms with E-state index in [-0.39, 0.29) is 11.0 Å². The predicted molar refractivity (Wildman–Crippen MR) is 83.8 cm³/mol. The Labute approximate surface area is 127 Å². The summed E-state index contributed by atoms with van der Waals surface area (Å²) in [6.07, 6.45) is 4.56. The van der Waals surface area contributed by atoms with E-state index in [1.54, 1.807) is 12.1 Å². The van der Waals surface area contributed by atoms with E-state index in [1.807, 2.05) is 0 Å². The molecule has 0 amide bonds. The molecular weight excluding hydrogens is 288 g/mol. The minimum atomic E-state index is -3.46. The number of rotatable bonds is 4. The normalized spacial score (nSPS) is 23.2. The van der Waals surface area contributed by atoms with Gasteiger partial charge in [0.2, 0.25) is 10.0 Å². The van der Waals surface area contributed by atoms with E-state index in [9.17, 15) is 8.42 Å². The maximum absolute atomic E-state index is 12.1. The Bertz CT molecular complexity index is 591. The highest BCUT2D eigenvalue weighted by molar-refractivity contribution is 7.89. The third-order valence-electron chi connectivity index (χ3n) is 4.02. The highest BCUT2D eigenvalue weighted by Gasteiger charge is 2.22. The van der Waals surface area contributed by atoms with Gasteiger partial charge in [-0.05, 0) is 49.8 Å². The second-order valence-corrected chi connectivity index (χ2v) is 8.14. The van der Waals surface area contributed by atoms with Crippen LogP contribution in [0.25, 0.3) is 0 Å². The minimum Gasteiger partial charge on any atom is -0.488 e. The van der Waals surface area contributed by atoms with Crippen molar-refractivity contribution >= 4 is 15.7 Å². The molecule has 6 heteroatoms. The fraction of sp³-hybridized carbons (Fsp3) is 0.600. The summed E-state index contributed by atoms with van der Waals surface area (Å²) < 4.78 is 31.2. The summed E-state index contributed by atoms with van der Waals surface area (Å²) in [5, 5.41) is 0. The lowest BCUT2D eigenvalue weighted by molar-refractivity contribution is 0.136. The number of ether oxygens (including phenoxy) is 1. The van der Waals surface area contributed by atoms with Gasteiger partial charge in [-0.3, -0.25) is 0 Å². The number of benzene rings is 1. The monoisotopic (exact) mass is 312 g/mol. The van der Waals surface area contributed by atoms with Gasteiger partial charge < -0.3 is 10.5 Å². The largest absolute Gasteiger partial charge is 0.488 e. The van der Waals surface area contributed by atoms with Gasteiger partial charge in [0.05, 0.1) is 16.7 Å². The second-order valence-electron chi connectivity index (χ2n) is 5.99. The first-order valence-corrected chi connectivity index (χ1v) is 8.73. The Morgan fingerprint density at radius 2 is 1.81 bits per heavy atom. The molecule has 1 aromatic rings. The van der Waals surface area contributed by atoms with Crippen LogP contribution in [0.5, 0.6) is 5.75 Å². The number of sulfonamides is 1. The van der Waals surface area contributed by atoms with Crippen LogP contribution in [0, 0.1) is 5.92 Å². The van der Waals surface area contributed by atoms with E-state index in [0.29, 0.717) is 11.4 Å². The van der Waals surface area contributed by atoms with Crippen LogP contribution < -0.4 is 10.5 Å². The molecule has 1 aliphatic carbocycles. The molecule has 118 valence electrons. The van der Waals surface area contributed by atoms with Crippen molar-refractivity contribution in [1.82, 2.24) is 4.31 Å². The van der Waals surface area contributed by atoms with Crippen LogP contribution in [-0.2, 0) is 10.0 Å². The zero-order valence-corrected chi connectivity index (χ0v) is 13.7. The van der Waals surface area contributed by atoms with Crippen LogP contribution in [0.1, 0.15) is 32.6 Å². The van der Waals surface area contributed by atoms with Crippen molar-refractivity contribution < 1.29 is 13.2 Å². The van der Waals surface area contributed by atoms with Gasteiger partial charge in [-0.15, -0.1) is 0 Å². The number of hydrogen-bond acceptors (Lipinski definition) is 4. The number of nitrogens with two attached hydrogens (primary N) is 1. The molecule has 2 N–H and O–H groups in total. The van der Waals surface area contributed by atoms with Gasteiger partial charge in [0.15, 0.2) is 0 Å². The topological polar surface area (TPSA) is 72.6 Å². The van der Waals surface area contributed by atoms with Crippen LogP contribution >= 0.6 is 0 Å². The average molecular weight is 312 g/mol. The average Bonchev–Trinajstić information content (AvgIpc) is 2.43. The maximum Gasteiger partial charge on any atom is 0.242 e. The Kier molecular flexibility index (Phi) is 4.78. The molecule has 0 spiro atoms. The smallest absolute Gasteiger partial charge is 0.242 e. The molecule has 0 bridgehead atoms. The molecule has 0 heterocycles. The lowest BCUT2D eigenvalue weighted by atomic mass is 9.89. The van der Waals surface area contributed by atoms with Gasteiger partial charge in [0.25, 0.3) is 0 Å². The molecule has 1 aromatic carbocycles. The van der Waals surface area contributed by atoms with E-state index in [0.717, 1.165) is 31.6 Å². The van der Waals surface area contributed by atoms with Gasteiger partial charge >= 0.3 is 0 Å². The zero-order chi connectivity index (χ0) is 15.6. The Morgan fingerprint density at radius 3 is 2.33 bits per heavy atom. The molecule has 0 unspecified atom stereocenters. The van der Waals surface area contributed by atoms with Gasteiger partial charge in [-0.2, -0.15) is 0 Å². The minimum absolute atomic E-state index is 0.180. The molecule has 0 radical (unpaired) electrons. The summed E-state index contributed by atoms with van der Waals surface area (Å²) in [5.41, 5.74) is 6.33. The van der Waals surface area contributed by atoms with Crippen molar-refractivity contribution in [3.63, 3.8) is 0 Å². The van der Waals surface area contributed by atoms with Crippen molar-refractivity contribution in [3.05, 3.63) is 18.2 Å². The van der Waals surface area contributed by atoms with E-state index in [4.69, 9.17) is 10.5 Å². The van der Waals surface area contributed by atoms with E-state index >= 15 is 0 Å². The quantitative estimate of drug-likeness (QED) is 0.867. The molecule has 1 saturated carbocycles. The van der Waals surface area contributed by atoms with Crippen LogP contribution in [0.4, 0.5) is 5.69 Å². The number of nitrogens with zero attached hydrogens (tertiary/aromatic N) is 1. The van der Waals surface area contributed by atoms with Crippen LogP contribution in [0.2, 0.25) is 0 Å². The zero-order valence-electron chi connectivity index (χ0n) is 12.9. The molecule has 1 aliphatic rings. The van der Waals surface area contributed by atoms with Crippen molar-refractivity contribution in [1.29, 1.82) is 0 Å². The molecule has 0 saturated heterocycles. The van der Waals surface area contributed by atoms with Crippen LogP contribution in [0.15, 0.2) is 23.1 Å². The van der Waals surface area contributed by atoms with Gasteiger partial charge in [0, 0.05) is 14.1 Å². The lowest BCUT2D eigenvalue weighted by Crippen LogP contribution is -2.24. The fourth-order valence-corrected chi connectivity index (χ4v) is 3.47. The van der Waals surface area contributed by atoms with E-state index < -0.39 is 10.0 Å². The summed E-state index contributed by atoms with van der Waals surface area (Å²) in [7, 11) is -0.460. The SMILES string of the molecule is CC1CCC(Oc2ccc(S(=O)(=O)N(C)C)cc2N)CC1. The predicted octanol–water partition coefficient (Wildman–Crippen LogP) is 2.48. The molecule has 0 atom stereocenters. The number of hydrogen-bond donors (Lipinski definition) is 1. The van der Waals surface area contributed by atoms with E-state index in [2.05, 4.69) is 6.92 Å². The second kappa shape index (κ2) is 6.23. The molecule has 0 aliphatic heterocycles. The summed E-state index contributed by atoms with van der Waals surface area (Å²) in [5.74, 6) is 1.34. The van der Waals surface area contributed by atoms with Crippen molar-refractivity contribution in [2.45, 2.75) is 43.6 Å². The molecule has 21 heavy (non-hydrogen) atoms. The summed E-state index contributed by atoms with van der Waals surface area (Å²) in [4.78, 5) is 0.189. The highest BCUT2D eigenvalue weighted by Crippen LogP contribution is 2.31. The summed E-state index contributed by atoms with van der Waals surface area (Å²) in [6, 6.07) is 4.67. The molecule has 0 aromatic heterocycles. The third kappa shape index (κ3) is 3.68. The highest BCUT2D eigenvalue weighted by atomic mass is 32.2. The van der Waals surface area contributed by atoms with Gasteiger partial charge in [-0.1, -0.05) is 6.92 Å². The van der Waals surface area contributed by atoms with Crippen molar-refractivity contribution in [3.8, 4) is 5.75 Å². The third-order valence-corrected chi connectivity index (χ3v) is 5.83. The van der Waals surface area contributed by atoms with Gasteiger partial charge in [0.1, 0.15) is 5.75 Å². The standard InChI is InChI=1S/C15H24N2O3S/c1-11-4-6-12(7-5-11)20-15-9-8-13(10-14(15)16)21(18,19)17(2)3/h8-12H,4-7,16H2,1-3H3. The van der Waals surface area contributed by atoms with Crippen LogP contribution in [0.3, 0.4) is 0 Å². The fourth-order valence-electron chi connectivity index (χ4n) is 2.53. The van der Waals surface area contributed by atoms with Gasteiger partial charge in [-0.25, -0.2) is 12.7 Å². The Balaban J connectivity index is 2.13. The molecule has 2 rings (SSSR count). The first-order valence-electron chi connectivity index (χ1n) is 7.29. The maximum atomic E-state index is 12.1. The van der Waals surface area contributed by atoms with Crippen molar-refractivity contribution in [2.24, 2.45) is 5.92 Å². The number of anilines is 1. The van der Waals surface area contributed by atoms with Crippen molar-refractivity contribution in [2.75, 3.05) is 19.8 Å². The first-order chi connectivity index (χ1) is 9.80. The lowest BCUT2D eigenvalue weighted by Gasteiger charge is -2.27. The number of nitrogen functional groups attached to an aromatic ring is 1. The van der Waals surface area contributed by atoms with E-state index in [1.165, 1.54) is 24.5 Å². The first kappa shape index (κ1) is 16.1. The molecule has 1 fully saturated rings.